The number of aromatic hydroxyl groups is 1. The van der Waals surface area contributed by atoms with Crippen molar-refractivity contribution in [3.63, 3.8) is 0 Å². The standard InChI is InChI=1S/C21H22ClN3O4/c1-29-18-4-2-3-16(19(18)26)13-23-24-20(27)14-9-11-25(12-10-14)21(28)15-5-7-17(22)8-6-15/h2-8,13-14,26H,9-12H2,1H3,(H,24,27)/b23-13-. The highest BCUT2D eigenvalue weighted by molar-refractivity contribution is 6.30. The highest BCUT2D eigenvalue weighted by Crippen LogP contribution is 2.28. The van der Waals surface area contributed by atoms with Crippen molar-refractivity contribution in [1.29, 1.82) is 0 Å². The van der Waals surface area contributed by atoms with Crippen LogP contribution in [0.4, 0.5) is 0 Å². The number of phenols is 1. The smallest absolute Gasteiger partial charge is 0.253 e. The molecule has 0 saturated carbocycles. The third kappa shape index (κ3) is 5.06. The predicted molar refractivity (Wildman–Crippen MR) is 110 cm³/mol. The first-order chi connectivity index (χ1) is 14.0. The first-order valence-electron chi connectivity index (χ1n) is 9.23. The van der Waals surface area contributed by atoms with Crippen LogP contribution < -0.4 is 10.2 Å². The number of nitrogens with one attached hydrogen (secondary N) is 1. The van der Waals surface area contributed by atoms with Crippen molar-refractivity contribution >= 4 is 29.6 Å². The molecule has 3 rings (SSSR count). The molecular weight excluding hydrogens is 394 g/mol. The van der Waals surface area contributed by atoms with Crippen LogP contribution in [-0.4, -0.2) is 48.2 Å². The summed E-state index contributed by atoms with van der Waals surface area (Å²) < 4.78 is 5.04. The van der Waals surface area contributed by atoms with Crippen molar-refractivity contribution in [3.05, 3.63) is 58.6 Å². The average Bonchev–Trinajstić information content (AvgIpc) is 2.75. The van der Waals surface area contributed by atoms with Gasteiger partial charge >= 0.3 is 0 Å². The van der Waals surface area contributed by atoms with Crippen molar-refractivity contribution in [2.45, 2.75) is 12.8 Å². The Morgan fingerprint density at radius 2 is 1.90 bits per heavy atom. The Kier molecular flexibility index (Phi) is 6.72. The Bertz CT molecular complexity index is 907. The maximum absolute atomic E-state index is 12.5. The Balaban J connectivity index is 1.51. The zero-order valence-corrected chi connectivity index (χ0v) is 16.7. The minimum Gasteiger partial charge on any atom is -0.504 e. The number of hydrogen-bond acceptors (Lipinski definition) is 5. The number of benzene rings is 2. The van der Waals surface area contributed by atoms with E-state index in [0.29, 0.717) is 47.8 Å². The van der Waals surface area contributed by atoms with Crippen LogP contribution in [-0.2, 0) is 4.79 Å². The number of para-hydroxylation sites is 1. The molecule has 8 heteroatoms. The highest BCUT2D eigenvalue weighted by Gasteiger charge is 2.27. The summed E-state index contributed by atoms with van der Waals surface area (Å²) in [6, 6.07) is 11.8. The van der Waals surface area contributed by atoms with Gasteiger partial charge in [-0.25, -0.2) is 5.43 Å². The van der Waals surface area contributed by atoms with Gasteiger partial charge < -0.3 is 14.7 Å². The zero-order chi connectivity index (χ0) is 20.8. The van der Waals surface area contributed by atoms with Crippen molar-refractivity contribution in [1.82, 2.24) is 10.3 Å². The van der Waals surface area contributed by atoms with E-state index in [2.05, 4.69) is 10.5 Å². The van der Waals surface area contributed by atoms with E-state index in [1.165, 1.54) is 13.3 Å². The molecule has 29 heavy (non-hydrogen) atoms. The van der Waals surface area contributed by atoms with E-state index in [9.17, 15) is 14.7 Å². The molecule has 1 fully saturated rings. The van der Waals surface area contributed by atoms with Crippen LogP contribution in [0, 0.1) is 5.92 Å². The summed E-state index contributed by atoms with van der Waals surface area (Å²) in [6.07, 6.45) is 2.49. The summed E-state index contributed by atoms with van der Waals surface area (Å²) in [7, 11) is 1.46. The van der Waals surface area contributed by atoms with Crippen LogP contribution in [0.2, 0.25) is 5.02 Å². The molecule has 2 amide bonds. The summed E-state index contributed by atoms with van der Waals surface area (Å²) in [5.41, 5.74) is 3.53. The number of nitrogens with zero attached hydrogens (tertiary/aromatic N) is 2. The number of carbonyl (C=O) groups excluding carboxylic acids is 2. The van der Waals surface area contributed by atoms with Crippen molar-refractivity contribution < 1.29 is 19.4 Å². The number of carbonyl (C=O) groups is 2. The van der Waals surface area contributed by atoms with E-state index in [1.807, 2.05) is 0 Å². The molecule has 1 heterocycles. The summed E-state index contributed by atoms with van der Waals surface area (Å²) in [5.74, 6) is -0.199. The largest absolute Gasteiger partial charge is 0.504 e. The predicted octanol–water partition coefficient (Wildman–Crippen LogP) is 3.06. The molecule has 1 aliphatic rings. The number of rotatable bonds is 5. The van der Waals surface area contributed by atoms with Gasteiger partial charge in [0.15, 0.2) is 11.5 Å². The quantitative estimate of drug-likeness (QED) is 0.580. The molecule has 0 aromatic heterocycles. The number of likely N-dealkylation sites (tertiary alicyclic amines) is 1. The van der Waals surface area contributed by atoms with Gasteiger partial charge in [-0.05, 0) is 49.2 Å². The van der Waals surface area contributed by atoms with Gasteiger partial charge in [0.1, 0.15) is 0 Å². The number of methoxy groups -OCH3 is 1. The van der Waals surface area contributed by atoms with E-state index < -0.39 is 0 Å². The van der Waals surface area contributed by atoms with Gasteiger partial charge in [-0.15, -0.1) is 0 Å². The number of hydrazone groups is 1. The third-order valence-electron chi connectivity index (χ3n) is 4.87. The van der Waals surface area contributed by atoms with Crippen LogP contribution in [0.5, 0.6) is 11.5 Å². The monoisotopic (exact) mass is 415 g/mol. The number of hydrogen-bond donors (Lipinski definition) is 2. The second-order valence-corrected chi connectivity index (χ2v) is 7.14. The number of piperidine rings is 1. The van der Waals surface area contributed by atoms with Gasteiger partial charge in [-0.2, -0.15) is 5.10 Å². The zero-order valence-electron chi connectivity index (χ0n) is 16.0. The molecule has 1 saturated heterocycles. The fourth-order valence-electron chi connectivity index (χ4n) is 3.18. The lowest BCUT2D eigenvalue weighted by atomic mass is 9.95. The summed E-state index contributed by atoms with van der Waals surface area (Å²) in [5, 5.41) is 14.5. The fourth-order valence-corrected chi connectivity index (χ4v) is 3.31. The Hall–Kier alpha value is -3.06. The molecule has 0 atom stereocenters. The molecule has 2 aromatic rings. The van der Waals surface area contributed by atoms with E-state index in [0.717, 1.165) is 0 Å². The topological polar surface area (TPSA) is 91.2 Å². The second-order valence-electron chi connectivity index (χ2n) is 6.71. The minimum atomic E-state index is -0.222. The van der Waals surface area contributed by atoms with Gasteiger partial charge in [0.05, 0.1) is 13.3 Å². The van der Waals surface area contributed by atoms with E-state index in [4.69, 9.17) is 16.3 Å². The lowest BCUT2D eigenvalue weighted by Crippen LogP contribution is -2.42. The minimum absolute atomic E-state index is 0.0398. The summed E-state index contributed by atoms with van der Waals surface area (Å²) in [6.45, 7) is 1.000. The van der Waals surface area contributed by atoms with Crippen molar-refractivity contribution in [2.75, 3.05) is 20.2 Å². The average molecular weight is 416 g/mol. The van der Waals surface area contributed by atoms with Gasteiger partial charge in [0.2, 0.25) is 5.91 Å². The Labute approximate surface area is 173 Å². The van der Waals surface area contributed by atoms with Gasteiger partial charge in [-0.1, -0.05) is 17.7 Å². The molecule has 0 aliphatic carbocycles. The van der Waals surface area contributed by atoms with Crippen LogP contribution in [0.3, 0.4) is 0 Å². The molecule has 2 aromatic carbocycles. The molecule has 0 spiro atoms. The molecule has 2 N–H and O–H groups in total. The Morgan fingerprint density at radius 3 is 2.55 bits per heavy atom. The van der Waals surface area contributed by atoms with Crippen LogP contribution in [0.25, 0.3) is 0 Å². The molecular formula is C21H22ClN3O4. The molecule has 1 aliphatic heterocycles. The number of amides is 2. The molecule has 7 nitrogen and oxygen atoms in total. The van der Waals surface area contributed by atoms with E-state index in [1.54, 1.807) is 47.4 Å². The number of phenolic OH excluding ortho intramolecular Hbond substituents is 1. The second kappa shape index (κ2) is 9.43. The highest BCUT2D eigenvalue weighted by atomic mass is 35.5. The third-order valence-corrected chi connectivity index (χ3v) is 5.12. The maximum Gasteiger partial charge on any atom is 0.253 e. The van der Waals surface area contributed by atoms with Gasteiger partial charge in [0.25, 0.3) is 5.91 Å². The first-order valence-corrected chi connectivity index (χ1v) is 9.61. The molecule has 152 valence electrons. The van der Waals surface area contributed by atoms with Crippen LogP contribution in [0.15, 0.2) is 47.6 Å². The Morgan fingerprint density at radius 1 is 1.21 bits per heavy atom. The SMILES string of the molecule is COc1cccc(/C=N\NC(=O)C2CCN(C(=O)c3ccc(Cl)cc3)CC2)c1O. The lowest BCUT2D eigenvalue weighted by molar-refractivity contribution is -0.126. The first kappa shape index (κ1) is 20.7. The van der Waals surface area contributed by atoms with Gasteiger partial charge in [0, 0.05) is 35.2 Å². The summed E-state index contributed by atoms with van der Waals surface area (Å²) >= 11 is 5.86. The number of halogens is 1. The fraction of sp³-hybridized carbons (Fsp3) is 0.286. The summed E-state index contributed by atoms with van der Waals surface area (Å²) in [4.78, 5) is 26.6. The van der Waals surface area contributed by atoms with Crippen LogP contribution >= 0.6 is 11.6 Å². The van der Waals surface area contributed by atoms with Gasteiger partial charge in [-0.3, -0.25) is 9.59 Å². The molecule has 0 unspecified atom stereocenters. The normalized spacial score (nSPS) is 14.8. The number of ether oxygens (including phenoxy) is 1. The molecule has 0 radical (unpaired) electrons. The van der Waals surface area contributed by atoms with E-state index >= 15 is 0 Å². The van der Waals surface area contributed by atoms with Crippen molar-refractivity contribution in [2.24, 2.45) is 11.0 Å². The van der Waals surface area contributed by atoms with Crippen LogP contribution in [0.1, 0.15) is 28.8 Å². The maximum atomic E-state index is 12.5. The van der Waals surface area contributed by atoms with Crippen molar-refractivity contribution in [3.8, 4) is 11.5 Å². The van der Waals surface area contributed by atoms with E-state index in [-0.39, 0.29) is 23.5 Å². The lowest BCUT2D eigenvalue weighted by Gasteiger charge is -2.31. The molecule has 0 bridgehead atoms.